The molecule has 1 nitrogen and oxygen atoms in total. The van der Waals surface area contributed by atoms with Gasteiger partial charge < -0.3 is 5.32 Å². The van der Waals surface area contributed by atoms with E-state index >= 15 is 0 Å². The monoisotopic (exact) mass is 195 g/mol. The SMILES string of the molecule is CC(C)[C@@H]1CNc2ccc(Cl)cc21. The molecule has 1 aromatic carbocycles. The molecular weight excluding hydrogens is 182 g/mol. The molecule has 0 amide bonds. The normalized spacial score (nSPS) is 20.2. The average Bonchev–Trinajstić information content (AvgIpc) is 2.46. The molecule has 0 aromatic heterocycles. The van der Waals surface area contributed by atoms with Crippen molar-refractivity contribution in [2.24, 2.45) is 5.92 Å². The quantitative estimate of drug-likeness (QED) is 0.723. The van der Waals surface area contributed by atoms with Crippen LogP contribution in [0.5, 0.6) is 0 Å². The van der Waals surface area contributed by atoms with Crippen LogP contribution in [0.2, 0.25) is 5.02 Å². The van der Waals surface area contributed by atoms with Crippen molar-refractivity contribution in [3.05, 3.63) is 28.8 Å². The van der Waals surface area contributed by atoms with E-state index in [2.05, 4.69) is 31.3 Å². The average molecular weight is 196 g/mol. The van der Waals surface area contributed by atoms with Gasteiger partial charge in [0.2, 0.25) is 0 Å². The molecule has 1 aliphatic rings. The predicted octanol–water partition coefficient (Wildman–Crippen LogP) is 3.51. The van der Waals surface area contributed by atoms with E-state index in [1.807, 2.05) is 6.07 Å². The molecular formula is C11H14ClN. The lowest BCUT2D eigenvalue weighted by molar-refractivity contribution is 0.533. The molecule has 0 unspecified atom stereocenters. The van der Waals surface area contributed by atoms with Crippen molar-refractivity contribution in [1.29, 1.82) is 0 Å². The number of benzene rings is 1. The third-order valence-electron chi connectivity index (χ3n) is 2.73. The highest BCUT2D eigenvalue weighted by Crippen LogP contribution is 2.37. The molecule has 1 aromatic rings. The van der Waals surface area contributed by atoms with E-state index in [0.717, 1.165) is 11.6 Å². The van der Waals surface area contributed by atoms with E-state index < -0.39 is 0 Å². The van der Waals surface area contributed by atoms with Crippen LogP contribution in [-0.2, 0) is 0 Å². The molecule has 0 aliphatic carbocycles. The van der Waals surface area contributed by atoms with E-state index in [1.165, 1.54) is 11.3 Å². The lowest BCUT2D eigenvalue weighted by Gasteiger charge is -2.13. The summed E-state index contributed by atoms with van der Waals surface area (Å²) < 4.78 is 0. The van der Waals surface area contributed by atoms with Crippen molar-refractivity contribution in [1.82, 2.24) is 0 Å². The highest BCUT2D eigenvalue weighted by molar-refractivity contribution is 6.30. The number of fused-ring (bicyclic) bond motifs is 1. The van der Waals surface area contributed by atoms with Gasteiger partial charge in [-0.05, 0) is 29.7 Å². The molecule has 0 fully saturated rings. The van der Waals surface area contributed by atoms with Crippen LogP contribution in [0, 0.1) is 5.92 Å². The van der Waals surface area contributed by atoms with Gasteiger partial charge in [0, 0.05) is 23.2 Å². The number of nitrogens with one attached hydrogen (secondary N) is 1. The maximum absolute atomic E-state index is 5.97. The minimum atomic E-state index is 0.619. The maximum Gasteiger partial charge on any atom is 0.0410 e. The van der Waals surface area contributed by atoms with Crippen molar-refractivity contribution in [2.45, 2.75) is 19.8 Å². The Balaban J connectivity index is 2.40. The molecule has 13 heavy (non-hydrogen) atoms. The summed E-state index contributed by atoms with van der Waals surface area (Å²) >= 11 is 5.97. The second-order valence-electron chi connectivity index (χ2n) is 3.96. The smallest absolute Gasteiger partial charge is 0.0410 e. The first-order valence-corrected chi connectivity index (χ1v) is 5.09. The molecule has 1 atom stereocenters. The van der Waals surface area contributed by atoms with E-state index in [1.54, 1.807) is 0 Å². The van der Waals surface area contributed by atoms with Gasteiger partial charge in [0.25, 0.3) is 0 Å². The Kier molecular flexibility index (Phi) is 2.20. The molecule has 0 bridgehead atoms. The largest absolute Gasteiger partial charge is 0.384 e. The molecule has 0 saturated carbocycles. The van der Waals surface area contributed by atoms with Crippen molar-refractivity contribution in [2.75, 3.05) is 11.9 Å². The van der Waals surface area contributed by atoms with Crippen LogP contribution in [0.15, 0.2) is 18.2 Å². The zero-order valence-corrected chi connectivity index (χ0v) is 8.73. The molecule has 1 N–H and O–H groups in total. The van der Waals surface area contributed by atoms with Crippen LogP contribution in [0.3, 0.4) is 0 Å². The van der Waals surface area contributed by atoms with Crippen LogP contribution in [0.4, 0.5) is 5.69 Å². The van der Waals surface area contributed by atoms with Gasteiger partial charge in [-0.25, -0.2) is 0 Å². The summed E-state index contributed by atoms with van der Waals surface area (Å²) in [4.78, 5) is 0. The lowest BCUT2D eigenvalue weighted by atomic mass is 9.90. The van der Waals surface area contributed by atoms with Crippen molar-refractivity contribution in [3.8, 4) is 0 Å². The second kappa shape index (κ2) is 3.22. The van der Waals surface area contributed by atoms with Crippen molar-refractivity contribution < 1.29 is 0 Å². The lowest BCUT2D eigenvalue weighted by Crippen LogP contribution is -2.08. The molecule has 0 saturated heterocycles. The number of hydrogen-bond acceptors (Lipinski definition) is 1. The highest BCUT2D eigenvalue weighted by Gasteiger charge is 2.24. The highest BCUT2D eigenvalue weighted by atomic mass is 35.5. The van der Waals surface area contributed by atoms with Gasteiger partial charge >= 0.3 is 0 Å². The minimum absolute atomic E-state index is 0.619. The van der Waals surface area contributed by atoms with E-state index in [0.29, 0.717) is 11.8 Å². The van der Waals surface area contributed by atoms with Crippen molar-refractivity contribution in [3.63, 3.8) is 0 Å². The predicted molar refractivity (Wildman–Crippen MR) is 57.5 cm³/mol. The number of rotatable bonds is 1. The Morgan fingerprint density at radius 3 is 2.92 bits per heavy atom. The van der Waals surface area contributed by atoms with E-state index in [-0.39, 0.29) is 0 Å². The number of halogens is 1. The second-order valence-corrected chi connectivity index (χ2v) is 4.40. The van der Waals surface area contributed by atoms with Gasteiger partial charge in [-0.1, -0.05) is 25.4 Å². The summed E-state index contributed by atoms with van der Waals surface area (Å²) in [5.74, 6) is 1.29. The zero-order valence-electron chi connectivity index (χ0n) is 7.97. The van der Waals surface area contributed by atoms with Crippen LogP contribution >= 0.6 is 11.6 Å². The Hall–Kier alpha value is -0.690. The molecule has 0 spiro atoms. The summed E-state index contributed by atoms with van der Waals surface area (Å²) in [6.07, 6.45) is 0. The third kappa shape index (κ3) is 1.53. The molecule has 2 heteroatoms. The van der Waals surface area contributed by atoms with Crippen LogP contribution in [-0.4, -0.2) is 6.54 Å². The summed E-state index contributed by atoms with van der Waals surface area (Å²) in [5, 5.41) is 4.24. The first-order valence-electron chi connectivity index (χ1n) is 4.72. The van der Waals surface area contributed by atoms with E-state index in [9.17, 15) is 0 Å². The fourth-order valence-electron chi connectivity index (χ4n) is 1.93. The zero-order chi connectivity index (χ0) is 9.42. The fourth-order valence-corrected chi connectivity index (χ4v) is 2.11. The molecule has 70 valence electrons. The van der Waals surface area contributed by atoms with Gasteiger partial charge in [-0.2, -0.15) is 0 Å². The van der Waals surface area contributed by atoms with Gasteiger partial charge in [-0.15, -0.1) is 0 Å². The fraction of sp³-hybridized carbons (Fsp3) is 0.455. The summed E-state index contributed by atoms with van der Waals surface area (Å²) in [7, 11) is 0. The Morgan fingerprint density at radius 1 is 1.46 bits per heavy atom. The van der Waals surface area contributed by atoms with Gasteiger partial charge in [0.15, 0.2) is 0 Å². The Morgan fingerprint density at radius 2 is 2.23 bits per heavy atom. The minimum Gasteiger partial charge on any atom is -0.384 e. The van der Waals surface area contributed by atoms with Gasteiger partial charge in [0.05, 0.1) is 0 Å². The first-order chi connectivity index (χ1) is 6.18. The van der Waals surface area contributed by atoms with E-state index in [4.69, 9.17) is 11.6 Å². The van der Waals surface area contributed by atoms with Crippen LogP contribution in [0.25, 0.3) is 0 Å². The van der Waals surface area contributed by atoms with Gasteiger partial charge in [0.1, 0.15) is 0 Å². The summed E-state index contributed by atoms with van der Waals surface area (Å²) in [5.41, 5.74) is 2.63. The first kappa shape index (κ1) is 8.89. The number of anilines is 1. The summed E-state index contributed by atoms with van der Waals surface area (Å²) in [6.45, 7) is 5.55. The Labute approximate surface area is 84.1 Å². The van der Waals surface area contributed by atoms with Crippen LogP contribution < -0.4 is 5.32 Å². The molecule has 0 radical (unpaired) electrons. The van der Waals surface area contributed by atoms with Crippen molar-refractivity contribution >= 4 is 17.3 Å². The number of hydrogen-bond donors (Lipinski definition) is 1. The molecule has 2 rings (SSSR count). The maximum atomic E-state index is 5.97. The third-order valence-corrected chi connectivity index (χ3v) is 2.97. The topological polar surface area (TPSA) is 12.0 Å². The Bertz CT molecular complexity index is 320. The molecule has 1 aliphatic heterocycles. The van der Waals surface area contributed by atoms with Crippen LogP contribution in [0.1, 0.15) is 25.3 Å². The summed E-state index contributed by atoms with van der Waals surface area (Å²) in [6, 6.07) is 6.09. The van der Waals surface area contributed by atoms with Gasteiger partial charge in [-0.3, -0.25) is 0 Å². The standard InChI is InChI=1S/C11H14ClN/c1-7(2)10-6-13-11-4-3-8(12)5-9(10)11/h3-5,7,10,13H,6H2,1-2H3/t10-/m0/s1. The molecule has 1 heterocycles.